The molecule has 0 bridgehead atoms. The number of benzene rings is 3. The van der Waals surface area contributed by atoms with E-state index in [1.54, 1.807) is 12.1 Å². The summed E-state index contributed by atoms with van der Waals surface area (Å²) in [5.41, 5.74) is 4.12. The lowest BCUT2D eigenvalue weighted by Gasteiger charge is -2.10. The molecular weight excluding hydrogens is 410 g/mol. The standard InChI is InChI=1S/C23H15N5O4/c29-28(30)16-5-3-4-15(11-16)22-26-21-23(25-18-7-2-1-6-17(18)24-21)27(22)12-14-8-9-19-20(10-14)32-13-31-19/h1-11H,12-13H2. The normalized spacial score (nSPS) is 12.5. The van der Waals surface area contributed by atoms with Crippen molar-refractivity contribution in [1.82, 2.24) is 19.5 Å². The maximum atomic E-state index is 11.3. The first-order valence-electron chi connectivity index (χ1n) is 9.92. The summed E-state index contributed by atoms with van der Waals surface area (Å²) in [5, 5.41) is 11.3. The Balaban J connectivity index is 1.56. The van der Waals surface area contributed by atoms with Crippen LogP contribution >= 0.6 is 0 Å². The van der Waals surface area contributed by atoms with Crippen molar-refractivity contribution in [3.63, 3.8) is 0 Å². The molecule has 9 heteroatoms. The first-order chi connectivity index (χ1) is 15.7. The molecule has 3 heterocycles. The molecule has 6 rings (SSSR count). The number of rotatable bonds is 4. The van der Waals surface area contributed by atoms with Gasteiger partial charge in [0.05, 0.1) is 22.5 Å². The molecule has 0 spiro atoms. The van der Waals surface area contributed by atoms with Crippen LogP contribution < -0.4 is 9.47 Å². The lowest BCUT2D eigenvalue weighted by atomic mass is 10.1. The maximum absolute atomic E-state index is 11.3. The minimum absolute atomic E-state index is 0.00438. The predicted molar refractivity (Wildman–Crippen MR) is 117 cm³/mol. The second-order valence-corrected chi connectivity index (χ2v) is 7.38. The van der Waals surface area contributed by atoms with Gasteiger partial charge in [-0.1, -0.05) is 30.3 Å². The fraction of sp³-hybridized carbons (Fsp3) is 0.0870. The molecule has 0 atom stereocenters. The number of nitro groups is 1. The van der Waals surface area contributed by atoms with E-state index in [4.69, 9.17) is 19.4 Å². The molecule has 156 valence electrons. The van der Waals surface area contributed by atoms with Crippen molar-refractivity contribution in [1.29, 1.82) is 0 Å². The molecule has 0 amide bonds. The number of fused-ring (bicyclic) bond motifs is 3. The first-order valence-corrected chi connectivity index (χ1v) is 9.92. The van der Waals surface area contributed by atoms with Gasteiger partial charge in [0.15, 0.2) is 22.8 Å². The molecule has 0 radical (unpaired) electrons. The highest BCUT2D eigenvalue weighted by atomic mass is 16.7. The van der Waals surface area contributed by atoms with E-state index in [1.165, 1.54) is 12.1 Å². The van der Waals surface area contributed by atoms with Gasteiger partial charge in [-0.25, -0.2) is 15.0 Å². The molecule has 0 unspecified atom stereocenters. The van der Waals surface area contributed by atoms with E-state index >= 15 is 0 Å². The van der Waals surface area contributed by atoms with Gasteiger partial charge in [-0.2, -0.15) is 0 Å². The molecule has 0 N–H and O–H groups in total. The Labute approximate surface area is 181 Å². The van der Waals surface area contributed by atoms with Crippen LogP contribution in [-0.2, 0) is 6.54 Å². The van der Waals surface area contributed by atoms with Gasteiger partial charge in [0, 0.05) is 17.7 Å². The molecule has 0 aliphatic carbocycles. The summed E-state index contributed by atoms with van der Waals surface area (Å²) in [5.74, 6) is 1.94. The number of hydrogen-bond donors (Lipinski definition) is 0. The monoisotopic (exact) mass is 425 g/mol. The minimum Gasteiger partial charge on any atom is -0.454 e. The van der Waals surface area contributed by atoms with E-state index in [9.17, 15) is 10.1 Å². The molecule has 2 aromatic heterocycles. The van der Waals surface area contributed by atoms with Crippen LogP contribution in [0, 0.1) is 10.1 Å². The van der Waals surface area contributed by atoms with Crippen LogP contribution in [0.15, 0.2) is 66.7 Å². The highest BCUT2D eigenvalue weighted by Crippen LogP contribution is 2.34. The lowest BCUT2D eigenvalue weighted by Crippen LogP contribution is -2.04. The van der Waals surface area contributed by atoms with Crippen molar-refractivity contribution in [3.8, 4) is 22.9 Å². The molecule has 3 aromatic carbocycles. The van der Waals surface area contributed by atoms with E-state index in [2.05, 4.69) is 4.98 Å². The van der Waals surface area contributed by atoms with Crippen LogP contribution in [-0.4, -0.2) is 31.2 Å². The zero-order valence-electron chi connectivity index (χ0n) is 16.6. The molecule has 32 heavy (non-hydrogen) atoms. The second-order valence-electron chi connectivity index (χ2n) is 7.38. The smallest absolute Gasteiger partial charge is 0.270 e. The van der Waals surface area contributed by atoms with Crippen molar-refractivity contribution in [2.45, 2.75) is 6.54 Å². The number of imidazole rings is 1. The average Bonchev–Trinajstić information content (AvgIpc) is 3.42. The summed E-state index contributed by atoms with van der Waals surface area (Å²) in [6, 6.07) is 19.7. The van der Waals surface area contributed by atoms with Crippen LogP contribution in [0.3, 0.4) is 0 Å². The lowest BCUT2D eigenvalue weighted by molar-refractivity contribution is -0.384. The Morgan fingerprint density at radius 3 is 2.56 bits per heavy atom. The number of non-ortho nitro benzene ring substituents is 1. The zero-order chi connectivity index (χ0) is 21.7. The van der Waals surface area contributed by atoms with Crippen LogP contribution in [0.4, 0.5) is 5.69 Å². The van der Waals surface area contributed by atoms with E-state index in [-0.39, 0.29) is 12.5 Å². The van der Waals surface area contributed by atoms with Gasteiger partial charge in [-0.15, -0.1) is 0 Å². The average molecular weight is 425 g/mol. The van der Waals surface area contributed by atoms with E-state index < -0.39 is 4.92 Å². The van der Waals surface area contributed by atoms with Crippen molar-refractivity contribution in [2.24, 2.45) is 0 Å². The van der Waals surface area contributed by atoms with Crippen molar-refractivity contribution >= 4 is 28.0 Å². The van der Waals surface area contributed by atoms with Crippen LogP contribution in [0.5, 0.6) is 11.5 Å². The van der Waals surface area contributed by atoms with Gasteiger partial charge in [0.2, 0.25) is 6.79 Å². The Kier molecular flexibility index (Phi) is 4.00. The summed E-state index contributed by atoms with van der Waals surface area (Å²) >= 11 is 0. The van der Waals surface area contributed by atoms with Crippen LogP contribution in [0.25, 0.3) is 33.7 Å². The zero-order valence-corrected chi connectivity index (χ0v) is 16.6. The van der Waals surface area contributed by atoms with Crippen LogP contribution in [0.2, 0.25) is 0 Å². The van der Waals surface area contributed by atoms with Crippen LogP contribution in [0.1, 0.15) is 5.56 Å². The number of aromatic nitrogens is 4. The maximum Gasteiger partial charge on any atom is 0.270 e. The highest BCUT2D eigenvalue weighted by Gasteiger charge is 2.20. The molecule has 1 aliphatic rings. The largest absolute Gasteiger partial charge is 0.454 e. The summed E-state index contributed by atoms with van der Waals surface area (Å²) < 4.78 is 12.8. The van der Waals surface area contributed by atoms with Gasteiger partial charge in [0.25, 0.3) is 5.69 Å². The minimum atomic E-state index is -0.418. The van der Waals surface area contributed by atoms with Gasteiger partial charge < -0.3 is 14.0 Å². The van der Waals surface area contributed by atoms with Gasteiger partial charge in [-0.3, -0.25) is 10.1 Å². The molecule has 0 saturated heterocycles. The third-order valence-corrected chi connectivity index (χ3v) is 5.35. The first kappa shape index (κ1) is 18.3. The molecule has 0 saturated carbocycles. The molecule has 1 aliphatic heterocycles. The van der Waals surface area contributed by atoms with E-state index in [0.717, 1.165) is 16.6 Å². The summed E-state index contributed by atoms with van der Waals surface area (Å²) in [7, 11) is 0. The van der Waals surface area contributed by atoms with Gasteiger partial charge in [-0.05, 0) is 29.8 Å². The number of nitro benzene ring substituents is 1. The molecule has 5 aromatic rings. The fourth-order valence-corrected chi connectivity index (χ4v) is 3.85. The summed E-state index contributed by atoms with van der Waals surface area (Å²) in [4.78, 5) is 25.1. The van der Waals surface area contributed by atoms with Gasteiger partial charge in [0.1, 0.15) is 5.82 Å². The molecule has 9 nitrogen and oxygen atoms in total. The van der Waals surface area contributed by atoms with E-state index in [1.807, 2.05) is 47.0 Å². The van der Waals surface area contributed by atoms with Gasteiger partial charge >= 0.3 is 0 Å². The Hall–Kier alpha value is -4.53. The summed E-state index contributed by atoms with van der Waals surface area (Å²) in [6.07, 6.45) is 0. The highest BCUT2D eigenvalue weighted by molar-refractivity contribution is 5.85. The van der Waals surface area contributed by atoms with Crippen molar-refractivity contribution in [2.75, 3.05) is 6.79 Å². The SMILES string of the molecule is O=[N+]([O-])c1cccc(-c2nc3nc4ccccc4nc3n2Cc2ccc3c(c2)OCO3)c1. The molecular formula is C23H15N5O4. The molecule has 0 fully saturated rings. The Morgan fingerprint density at radius 1 is 0.906 bits per heavy atom. The quantitative estimate of drug-likeness (QED) is 0.312. The third kappa shape index (κ3) is 2.99. The topological polar surface area (TPSA) is 105 Å². The number of hydrogen-bond acceptors (Lipinski definition) is 7. The number of para-hydroxylation sites is 2. The number of ether oxygens (including phenoxy) is 2. The Bertz CT molecular complexity index is 1530. The van der Waals surface area contributed by atoms with E-state index in [0.29, 0.717) is 40.7 Å². The number of nitrogens with zero attached hydrogens (tertiary/aromatic N) is 5. The fourth-order valence-electron chi connectivity index (χ4n) is 3.85. The Morgan fingerprint density at radius 2 is 1.72 bits per heavy atom. The summed E-state index contributed by atoms with van der Waals surface area (Å²) in [6.45, 7) is 0.626. The second kappa shape index (κ2) is 7.02. The third-order valence-electron chi connectivity index (χ3n) is 5.35. The predicted octanol–water partition coefficient (Wildman–Crippen LogP) is 4.33. The van der Waals surface area contributed by atoms with Crippen molar-refractivity contribution < 1.29 is 14.4 Å². The van der Waals surface area contributed by atoms with Crippen molar-refractivity contribution in [3.05, 3.63) is 82.4 Å².